The van der Waals surface area contributed by atoms with Gasteiger partial charge in [-0.05, 0) is 0 Å². The summed E-state index contributed by atoms with van der Waals surface area (Å²) in [6.07, 6.45) is 0.501. The number of carbonyl (C=O) groups excluding carboxylic acids is 2. The Morgan fingerprint density at radius 1 is 1.11 bits per heavy atom. The molecule has 1 heterocycles. The minimum atomic E-state index is -1.52. The monoisotopic (exact) mass is 652 g/mol. The summed E-state index contributed by atoms with van der Waals surface area (Å²) < 4.78 is 18.2. The zero-order chi connectivity index (χ0) is 13.4. The fourth-order valence-electron chi connectivity index (χ4n) is 1.65. The number of ether oxygens (including phenoxy) is 1. The van der Waals surface area contributed by atoms with Gasteiger partial charge in [0.05, 0.1) is 0 Å². The normalized spacial score (nSPS) is 22.6. The van der Waals surface area contributed by atoms with Crippen LogP contribution in [0.5, 0.6) is 0 Å². The average Bonchev–Trinajstić information content (AvgIpc) is 2.28. The van der Waals surface area contributed by atoms with Crippen LogP contribution in [0.4, 0.5) is 0 Å². The van der Waals surface area contributed by atoms with Crippen molar-refractivity contribution in [1.29, 1.82) is 0 Å². The number of carbonyl (C=O) groups is 2. The van der Waals surface area contributed by atoms with E-state index in [1.165, 1.54) is 13.8 Å². The molecule has 0 spiro atoms. The molecular formula is C10H16Hg2O5S. The molecule has 2 unspecified atom stereocenters. The Hall–Kier alpha value is 1.12. The van der Waals surface area contributed by atoms with Crippen molar-refractivity contribution in [2.45, 2.75) is 33.9 Å². The summed E-state index contributed by atoms with van der Waals surface area (Å²) in [7, 11) is 0. The van der Waals surface area contributed by atoms with Crippen LogP contribution >= 0.6 is 11.8 Å². The summed E-state index contributed by atoms with van der Waals surface area (Å²) in [6.45, 7) is 2.93. The zero-order valence-corrected chi connectivity index (χ0v) is 22.7. The van der Waals surface area contributed by atoms with Crippen molar-refractivity contribution < 1.29 is 69.7 Å². The van der Waals surface area contributed by atoms with Crippen LogP contribution in [0.25, 0.3) is 0 Å². The fraction of sp³-hybridized carbons (Fsp3) is 0.800. The Morgan fingerprint density at radius 2 is 1.56 bits per heavy atom. The maximum absolute atomic E-state index is 10.7. The molecule has 8 heteroatoms. The van der Waals surface area contributed by atoms with Gasteiger partial charge in [-0.1, -0.05) is 0 Å². The van der Waals surface area contributed by atoms with E-state index in [1.54, 1.807) is 0 Å². The first kappa shape index (κ1) is 17.2. The summed E-state index contributed by atoms with van der Waals surface area (Å²) in [6, 6.07) is 0. The van der Waals surface area contributed by atoms with Gasteiger partial charge < -0.3 is 0 Å². The van der Waals surface area contributed by atoms with Crippen molar-refractivity contribution in [3.63, 3.8) is 0 Å². The van der Waals surface area contributed by atoms with Gasteiger partial charge in [-0.15, -0.1) is 0 Å². The Labute approximate surface area is 137 Å². The quantitative estimate of drug-likeness (QED) is 0.407. The molecule has 0 aromatic carbocycles. The van der Waals surface area contributed by atoms with E-state index in [4.69, 9.17) is 10.0 Å². The topological polar surface area (TPSA) is 61.8 Å². The number of thioether (sulfide) groups is 1. The molecule has 0 saturated carbocycles. The predicted molar refractivity (Wildman–Crippen MR) is 59.1 cm³/mol. The molecule has 0 aromatic rings. The van der Waals surface area contributed by atoms with Gasteiger partial charge in [0.2, 0.25) is 0 Å². The third-order valence-electron chi connectivity index (χ3n) is 2.48. The predicted octanol–water partition coefficient (Wildman–Crippen LogP) is 1.44. The van der Waals surface area contributed by atoms with Crippen molar-refractivity contribution >= 4 is 23.7 Å². The van der Waals surface area contributed by atoms with E-state index in [0.29, 0.717) is 0 Å². The van der Waals surface area contributed by atoms with E-state index in [0.717, 1.165) is 19.4 Å². The molecule has 0 aromatic heterocycles. The molecular weight excluding hydrogens is 633 g/mol. The van der Waals surface area contributed by atoms with Crippen molar-refractivity contribution in [3.05, 3.63) is 0 Å². The van der Waals surface area contributed by atoms with E-state index < -0.39 is 50.1 Å². The Balaban J connectivity index is 2.15. The molecule has 0 bridgehead atoms. The van der Waals surface area contributed by atoms with Crippen LogP contribution in [0.15, 0.2) is 0 Å². The van der Waals surface area contributed by atoms with Gasteiger partial charge in [-0.25, -0.2) is 0 Å². The standard InChI is InChI=1S/C6H10OS.2C2H4O2.2Hg/c1-5-3-8-4-6(2)7-5;2*1-2(3)4;;/h5-6H,1-4H2;2*1H3,(H,3,4);;/q;;;2*+1/p-2. The fourth-order valence-corrected chi connectivity index (χ4v) is 12.9. The van der Waals surface area contributed by atoms with Crippen LogP contribution in [-0.4, -0.2) is 35.7 Å². The van der Waals surface area contributed by atoms with E-state index in [1.807, 2.05) is 11.8 Å². The summed E-state index contributed by atoms with van der Waals surface area (Å²) in [4.78, 5) is 21.4. The molecule has 1 rings (SSSR count). The van der Waals surface area contributed by atoms with Gasteiger partial charge in [0, 0.05) is 0 Å². The number of hydrogen-bond acceptors (Lipinski definition) is 6. The van der Waals surface area contributed by atoms with Gasteiger partial charge >= 0.3 is 139 Å². The second-order valence-electron chi connectivity index (χ2n) is 4.17. The number of hydrogen-bond donors (Lipinski definition) is 0. The van der Waals surface area contributed by atoms with Crippen molar-refractivity contribution in [3.8, 4) is 0 Å². The van der Waals surface area contributed by atoms with Gasteiger partial charge in [-0.2, -0.15) is 0 Å². The molecule has 0 N–H and O–H groups in total. The Kier molecular flexibility index (Phi) is 9.48. The molecule has 1 fully saturated rings. The summed E-state index contributed by atoms with van der Waals surface area (Å²) in [5.41, 5.74) is 0. The molecule has 2 atom stereocenters. The van der Waals surface area contributed by atoms with Gasteiger partial charge in [0.1, 0.15) is 0 Å². The Morgan fingerprint density at radius 3 is 1.94 bits per heavy atom. The maximum atomic E-state index is 10.7. The Bertz CT molecular complexity index is 263. The zero-order valence-electron chi connectivity index (χ0n) is 10.8. The molecule has 0 amide bonds. The summed E-state index contributed by atoms with van der Waals surface area (Å²) >= 11 is -1.14. The molecule has 96 valence electrons. The molecule has 1 aliphatic heterocycles. The van der Waals surface area contributed by atoms with Crippen molar-refractivity contribution in [1.82, 2.24) is 0 Å². The van der Waals surface area contributed by atoms with Crippen molar-refractivity contribution in [2.75, 3.05) is 11.5 Å². The van der Waals surface area contributed by atoms with Gasteiger partial charge in [0.15, 0.2) is 0 Å². The van der Waals surface area contributed by atoms with Crippen LogP contribution in [0.1, 0.15) is 13.8 Å². The molecule has 1 saturated heterocycles. The third-order valence-corrected chi connectivity index (χ3v) is 15.3. The third kappa shape index (κ3) is 8.32. The first-order chi connectivity index (χ1) is 8.58. The average molecular weight is 649 g/mol. The van der Waals surface area contributed by atoms with Gasteiger partial charge in [0.25, 0.3) is 0 Å². The first-order valence-corrected chi connectivity index (χ1v) is 19.5. The van der Waals surface area contributed by atoms with E-state index in [2.05, 4.69) is 0 Å². The van der Waals surface area contributed by atoms with E-state index >= 15 is 0 Å². The summed E-state index contributed by atoms with van der Waals surface area (Å²) in [5.74, 6) is 1.71. The molecule has 0 radical (unpaired) electrons. The van der Waals surface area contributed by atoms with E-state index in [9.17, 15) is 9.59 Å². The SMILES string of the molecule is CC(=O)[O][Hg][CH2]C1CSCC([CH2][Hg][O]C(C)=O)O1. The molecule has 1 aliphatic rings. The van der Waals surface area contributed by atoms with Crippen LogP contribution < -0.4 is 0 Å². The van der Waals surface area contributed by atoms with Crippen LogP contribution in [0, 0.1) is 0 Å². The van der Waals surface area contributed by atoms with Crippen LogP contribution in [-0.2, 0) is 69.7 Å². The van der Waals surface area contributed by atoms with Gasteiger partial charge in [-0.3, -0.25) is 0 Å². The first-order valence-electron chi connectivity index (χ1n) is 6.08. The van der Waals surface area contributed by atoms with Crippen LogP contribution in [0.2, 0.25) is 7.86 Å². The van der Waals surface area contributed by atoms with Crippen LogP contribution in [0.3, 0.4) is 0 Å². The molecule has 18 heavy (non-hydrogen) atoms. The van der Waals surface area contributed by atoms with E-state index in [-0.39, 0.29) is 24.1 Å². The molecule has 0 aliphatic carbocycles. The molecule has 5 nitrogen and oxygen atoms in total. The summed E-state index contributed by atoms with van der Waals surface area (Å²) in [5, 5.41) is 0. The second-order valence-corrected chi connectivity index (χ2v) is 15.2. The minimum absolute atomic E-state index is 0.150. The number of rotatable bonds is 6. The van der Waals surface area contributed by atoms with Crippen molar-refractivity contribution in [2.24, 2.45) is 0 Å². The second kappa shape index (κ2) is 9.94.